The van der Waals surface area contributed by atoms with Gasteiger partial charge in [-0.15, -0.1) is 0 Å². The van der Waals surface area contributed by atoms with Gasteiger partial charge in [0, 0.05) is 31.1 Å². The van der Waals surface area contributed by atoms with E-state index in [1.165, 1.54) is 32.7 Å². The van der Waals surface area contributed by atoms with Gasteiger partial charge in [0.25, 0.3) is 0 Å². The first-order chi connectivity index (χ1) is 14.6. The summed E-state index contributed by atoms with van der Waals surface area (Å²) in [5.74, 6) is -1.53. The fraction of sp³-hybridized carbons (Fsp3) is 0.609. The first-order valence-electron chi connectivity index (χ1n) is 10.4. The van der Waals surface area contributed by atoms with Gasteiger partial charge in [-0.25, -0.2) is 4.79 Å². The SMILES string of the molecule is COC(=O)[C@@]1(Sc2ccccc2)CC(C)[C@@H](C)[C@H]([C@H](C)[C@H](COC(C)=O)OC(C)=O)O1. The van der Waals surface area contributed by atoms with E-state index in [4.69, 9.17) is 18.9 Å². The molecule has 1 aromatic carbocycles. The van der Waals surface area contributed by atoms with Crippen LogP contribution in [0.25, 0.3) is 0 Å². The smallest absolute Gasteiger partial charge is 0.349 e. The van der Waals surface area contributed by atoms with Crippen molar-refractivity contribution in [1.82, 2.24) is 0 Å². The maximum absolute atomic E-state index is 13.0. The molecule has 1 unspecified atom stereocenters. The van der Waals surface area contributed by atoms with E-state index in [1.54, 1.807) is 0 Å². The predicted molar refractivity (Wildman–Crippen MR) is 116 cm³/mol. The second kappa shape index (κ2) is 11.0. The summed E-state index contributed by atoms with van der Waals surface area (Å²) in [7, 11) is 1.35. The van der Waals surface area contributed by atoms with Gasteiger partial charge >= 0.3 is 17.9 Å². The molecule has 0 spiro atoms. The molecule has 6 atom stereocenters. The third-order valence-corrected chi connectivity index (χ3v) is 7.00. The number of methoxy groups -OCH3 is 1. The van der Waals surface area contributed by atoms with Gasteiger partial charge in [0.2, 0.25) is 4.93 Å². The molecule has 0 N–H and O–H groups in total. The molecule has 1 aromatic rings. The minimum Gasteiger partial charge on any atom is -0.466 e. The van der Waals surface area contributed by atoms with Crippen LogP contribution in [0.1, 0.15) is 41.0 Å². The van der Waals surface area contributed by atoms with Crippen molar-refractivity contribution < 1.29 is 33.3 Å². The highest BCUT2D eigenvalue weighted by Gasteiger charge is 2.53. The van der Waals surface area contributed by atoms with Crippen LogP contribution in [0, 0.1) is 17.8 Å². The second-order valence-corrected chi connectivity index (χ2v) is 9.43. The van der Waals surface area contributed by atoms with Crippen molar-refractivity contribution in [3.63, 3.8) is 0 Å². The van der Waals surface area contributed by atoms with E-state index in [0.717, 1.165) is 4.90 Å². The topological polar surface area (TPSA) is 88.1 Å². The number of hydrogen-bond donors (Lipinski definition) is 0. The second-order valence-electron chi connectivity index (χ2n) is 8.09. The van der Waals surface area contributed by atoms with Gasteiger partial charge in [0.05, 0.1) is 13.2 Å². The van der Waals surface area contributed by atoms with E-state index >= 15 is 0 Å². The van der Waals surface area contributed by atoms with Gasteiger partial charge in [0.15, 0.2) is 0 Å². The van der Waals surface area contributed by atoms with Crippen LogP contribution in [-0.2, 0) is 33.3 Å². The normalized spacial score (nSPS) is 27.6. The summed E-state index contributed by atoms with van der Waals surface area (Å²) in [5.41, 5.74) is 0. The van der Waals surface area contributed by atoms with E-state index < -0.39 is 35.0 Å². The van der Waals surface area contributed by atoms with Crippen LogP contribution in [0.5, 0.6) is 0 Å². The number of thioether (sulfide) groups is 1. The zero-order valence-corrected chi connectivity index (χ0v) is 19.8. The molecule has 172 valence electrons. The molecular weight excluding hydrogens is 420 g/mol. The first-order valence-corrected chi connectivity index (χ1v) is 11.2. The van der Waals surface area contributed by atoms with Crippen LogP contribution in [0.3, 0.4) is 0 Å². The van der Waals surface area contributed by atoms with Gasteiger partial charge in [-0.3, -0.25) is 9.59 Å². The van der Waals surface area contributed by atoms with E-state index in [-0.39, 0.29) is 24.4 Å². The number of ether oxygens (including phenoxy) is 4. The van der Waals surface area contributed by atoms with Crippen molar-refractivity contribution in [3.8, 4) is 0 Å². The fourth-order valence-corrected chi connectivity index (χ4v) is 5.23. The lowest BCUT2D eigenvalue weighted by Crippen LogP contribution is -2.55. The Bertz CT molecular complexity index is 768. The molecule has 0 aromatic heterocycles. The average molecular weight is 453 g/mol. The highest BCUT2D eigenvalue weighted by molar-refractivity contribution is 8.01. The van der Waals surface area contributed by atoms with Crippen LogP contribution < -0.4 is 0 Å². The lowest BCUT2D eigenvalue weighted by Gasteiger charge is -2.47. The quantitative estimate of drug-likeness (QED) is 0.434. The molecule has 0 radical (unpaired) electrons. The summed E-state index contributed by atoms with van der Waals surface area (Å²) in [6.07, 6.45) is -0.651. The molecule has 2 rings (SSSR count). The highest BCUT2D eigenvalue weighted by Crippen LogP contribution is 2.49. The summed E-state index contributed by atoms with van der Waals surface area (Å²) in [6, 6.07) is 9.55. The van der Waals surface area contributed by atoms with E-state index in [0.29, 0.717) is 6.42 Å². The van der Waals surface area contributed by atoms with Gasteiger partial charge < -0.3 is 18.9 Å². The molecule has 1 fully saturated rings. The fourth-order valence-electron chi connectivity index (χ4n) is 3.89. The Hall–Kier alpha value is -2.06. The number of esters is 3. The standard InChI is InChI=1S/C23H32O7S/c1-14-12-23(22(26)27-6,31-19-10-8-7-9-11-19)30-21(15(14)2)16(3)20(29-18(5)25)13-28-17(4)24/h7-11,14-16,20-21H,12-13H2,1-6H3/t14?,15-,16-,20+,21-,23+/m1/s1. The number of carbonyl (C=O) groups is 3. The average Bonchev–Trinajstić information content (AvgIpc) is 2.72. The summed E-state index contributed by atoms with van der Waals surface area (Å²) in [4.78, 5) is 35.6. The van der Waals surface area contributed by atoms with Crippen molar-refractivity contribution >= 4 is 29.7 Å². The largest absolute Gasteiger partial charge is 0.466 e. The van der Waals surface area contributed by atoms with Crippen molar-refractivity contribution in [2.24, 2.45) is 17.8 Å². The molecular formula is C23H32O7S. The first kappa shape index (κ1) is 25.2. The zero-order chi connectivity index (χ0) is 23.2. The molecule has 1 heterocycles. The number of hydrogen-bond acceptors (Lipinski definition) is 8. The molecule has 1 aliphatic rings. The Morgan fingerprint density at radius 2 is 1.81 bits per heavy atom. The Kier molecular flexibility index (Phi) is 8.94. The maximum atomic E-state index is 13.0. The number of rotatable bonds is 8. The molecule has 8 heteroatoms. The Balaban J connectivity index is 2.36. The lowest BCUT2D eigenvalue weighted by atomic mass is 9.77. The van der Waals surface area contributed by atoms with Gasteiger partial charge in [-0.2, -0.15) is 0 Å². The summed E-state index contributed by atoms with van der Waals surface area (Å²) < 4.78 is 22.2. The van der Waals surface area contributed by atoms with Gasteiger partial charge in [0.1, 0.15) is 12.7 Å². The Morgan fingerprint density at radius 1 is 1.16 bits per heavy atom. The third kappa shape index (κ3) is 6.46. The van der Waals surface area contributed by atoms with Gasteiger partial charge in [-0.1, -0.05) is 50.7 Å². The van der Waals surface area contributed by atoms with Crippen molar-refractivity contribution in [1.29, 1.82) is 0 Å². The van der Waals surface area contributed by atoms with E-state index in [2.05, 4.69) is 13.8 Å². The van der Waals surface area contributed by atoms with Crippen molar-refractivity contribution in [2.45, 2.75) is 63.1 Å². The Morgan fingerprint density at radius 3 is 2.35 bits per heavy atom. The van der Waals surface area contributed by atoms with Crippen LogP contribution >= 0.6 is 11.8 Å². The third-order valence-electron chi connectivity index (χ3n) is 5.73. The molecule has 0 bridgehead atoms. The zero-order valence-electron chi connectivity index (χ0n) is 19.0. The molecule has 0 amide bonds. The maximum Gasteiger partial charge on any atom is 0.349 e. The summed E-state index contributed by atoms with van der Waals surface area (Å²) >= 11 is 1.33. The predicted octanol–water partition coefficient (Wildman–Crippen LogP) is 3.84. The molecule has 1 aliphatic heterocycles. The molecule has 31 heavy (non-hydrogen) atoms. The Labute approximate surface area is 188 Å². The van der Waals surface area contributed by atoms with E-state index in [1.807, 2.05) is 37.3 Å². The molecule has 0 saturated carbocycles. The minimum absolute atomic E-state index is 0.0690. The van der Waals surface area contributed by atoms with Crippen molar-refractivity contribution in [2.75, 3.05) is 13.7 Å². The molecule has 1 saturated heterocycles. The number of benzene rings is 1. The summed E-state index contributed by atoms with van der Waals surface area (Å²) in [5, 5.41) is 0. The van der Waals surface area contributed by atoms with Crippen LogP contribution in [0.4, 0.5) is 0 Å². The number of carbonyl (C=O) groups excluding carboxylic acids is 3. The van der Waals surface area contributed by atoms with E-state index in [9.17, 15) is 14.4 Å². The molecule has 0 aliphatic carbocycles. The summed E-state index contributed by atoms with van der Waals surface area (Å²) in [6.45, 7) is 8.54. The molecule has 7 nitrogen and oxygen atoms in total. The van der Waals surface area contributed by atoms with Crippen LogP contribution in [0.2, 0.25) is 0 Å². The van der Waals surface area contributed by atoms with Crippen molar-refractivity contribution in [3.05, 3.63) is 30.3 Å². The van der Waals surface area contributed by atoms with Crippen LogP contribution in [0.15, 0.2) is 35.2 Å². The van der Waals surface area contributed by atoms with Crippen LogP contribution in [-0.4, -0.2) is 48.8 Å². The monoisotopic (exact) mass is 452 g/mol. The minimum atomic E-state index is -1.23. The lowest BCUT2D eigenvalue weighted by molar-refractivity contribution is -0.197. The van der Waals surface area contributed by atoms with Gasteiger partial charge in [-0.05, 0) is 24.0 Å². The highest BCUT2D eigenvalue weighted by atomic mass is 32.2.